The predicted molar refractivity (Wildman–Crippen MR) is 128 cm³/mol. The third-order valence-corrected chi connectivity index (χ3v) is 5.45. The molecule has 4 aromatic rings. The Morgan fingerprint density at radius 2 is 1.56 bits per heavy atom. The summed E-state index contributed by atoms with van der Waals surface area (Å²) in [6, 6.07) is 25.5. The molecule has 8 heteroatoms. The van der Waals surface area contributed by atoms with E-state index in [1.165, 1.54) is 10.4 Å². The van der Waals surface area contributed by atoms with E-state index in [-0.39, 0.29) is 12.5 Å². The summed E-state index contributed by atoms with van der Waals surface area (Å²) in [6.07, 6.45) is 0.765. The number of carbonyl (C=O) groups excluding carboxylic acids is 1. The van der Waals surface area contributed by atoms with E-state index in [1.807, 2.05) is 59.5 Å². The van der Waals surface area contributed by atoms with Crippen LogP contribution in [-0.2, 0) is 24.3 Å². The quantitative estimate of drug-likeness (QED) is 0.362. The van der Waals surface area contributed by atoms with Gasteiger partial charge >= 0.3 is 0 Å². The van der Waals surface area contributed by atoms with Crippen LogP contribution in [0.4, 0.5) is 0 Å². The highest BCUT2D eigenvalue weighted by Crippen LogP contribution is 2.30. The van der Waals surface area contributed by atoms with Gasteiger partial charge in [-0.05, 0) is 41.0 Å². The molecule has 8 nitrogen and oxygen atoms in total. The van der Waals surface area contributed by atoms with Crippen molar-refractivity contribution in [1.29, 1.82) is 0 Å². The molecule has 174 valence electrons. The highest BCUT2D eigenvalue weighted by molar-refractivity contribution is 5.76. The fraction of sp³-hybridized carbons (Fsp3) is 0.231. The normalized spacial score (nSPS) is 10.6. The number of amides is 1. The van der Waals surface area contributed by atoms with Crippen LogP contribution < -0.4 is 9.47 Å². The molecule has 0 radical (unpaired) electrons. The van der Waals surface area contributed by atoms with E-state index >= 15 is 0 Å². The second-order valence-corrected chi connectivity index (χ2v) is 7.75. The summed E-state index contributed by atoms with van der Waals surface area (Å²) in [5, 5.41) is 12.6. The summed E-state index contributed by atoms with van der Waals surface area (Å²) in [6.45, 7) is 1.11. The summed E-state index contributed by atoms with van der Waals surface area (Å²) in [5.41, 5.74) is 2.98. The van der Waals surface area contributed by atoms with Crippen LogP contribution in [0.3, 0.4) is 0 Å². The number of ether oxygens (including phenoxy) is 2. The Labute approximate surface area is 198 Å². The second kappa shape index (κ2) is 11.1. The molecule has 0 N–H and O–H groups in total. The van der Waals surface area contributed by atoms with E-state index in [9.17, 15) is 4.79 Å². The van der Waals surface area contributed by atoms with Gasteiger partial charge in [0.25, 0.3) is 0 Å². The Morgan fingerprint density at radius 1 is 0.882 bits per heavy atom. The first-order valence-corrected chi connectivity index (χ1v) is 11.0. The number of carbonyl (C=O) groups is 1. The van der Waals surface area contributed by atoms with Gasteiger partial charge in [0.05, 0.1) is 14.2 Å². The molecular formula is C26H27N5O3. The Hall–Kier alpha value is -4.20. The molecule has 1 aromatic heterocycles. The SMILES string of the molecule is COc1ccc(-c2nnn(CC(=O)N(CCc3ccccc3)Cc3ccccc3)n2)cc1OC. The molecule has 3 aromatic carbocycles. The van der Waals surface area contributed by atoms with Crippen molar-refractivity contribution in [2.75, 3.05) is 20.8 Å². The van der Waals surface area contributed by atoms with Gasteiger partial charge in [-0.15, -0.1) is 10.2 Å². The Bertz CT molecular complexity index is 1210. The van der Waals surface area contributed by atoms with Crippen molar-refractivity contribution in [2.24, 2.45) is 0 Å². The molecule has 0 unspecified atom stereocenters. The molecule has 0 aliphatic rings. The molecule has 34 heavy (non-hydrogen) atoms. The molecule has 1 amide bonds. The summed E-state index contributed by atoms with van der Waals surface area (Å²) >= 11 is 0. The van der Waals surface area contributed by atoms with Gasteiger partial charge in [0.2, 0.25) is 11.7 Å². The Balaban J connectivity index is 1.48. The standard InChI is InChI=1S/C26H27N5O3/c1-33-23-14-13-22(17-24(23)34-2)26-27-29-31(28-26)19-25(32)30(18-21-11-7-4-8-12-21)16-15-20-9-5-3-6-10-20/h3-14,17H,15-16,18-19H2,1-2H3. The van der Waals surface area contributed by atoms with E-state index in [2.05, 4.69) is 27.5 Å². The van der Waals surface area contributed by atoms with E-state index in [0.29, 0.717) is 30.4 Å². The van der Waals surface area contributed by atoms with E-state index in [1.54, 1.807) is 26.4 Å². The van der Waals surface area contributed by atoms with Crippen LogP contribution in [0.25, 0.3) is 11.4 Å². The lowest BCUT2D eigenvalue weighted by Gasteiger charge is -2.22. The predicted octanol–water partition coefficient (Wildman–Crippen LogP) is 3.63. The third-order valence-electron chi connectivity index (χ3n) is 5.45. The maximum atomic E-state index is 13.2. The number of hydrogen-bond acceptors (Lipinski definition) is 6. The van der Waals surface area contributed by atoms with Crippen molar-refractivity contribution in [3.8, 4) is 22.9 Å². The number of benzene rings is 3. The maximum Gasteiger partial charge on any atom is 0.246 e. The molecule has 0 fully saturated rings. The molecule has 0 aliphatic carbocycles. The minimum absolute atomic E-state index is 0.00190. The molecule has 0 atom stereocenters. The van der Waals surface area contributed by atoms with Crippen LogP contribution in [0, 0.1) is 0 Å². The molecule has 0 bridgehead atoms. The van der Waals surface area contributed by atoms with Crippen LogP contribution >= 0.6 is 0 Å². The monoisotopic (exact) mass is 457 g/mol. The van der Waals surface area contributed by atoms with Gasteiger partial charge in [-0.25, -0.2) is 0 Å². The topological polar surface area (TPSA) is 82.4 Å². The minimum Gasteiger partial charge on any atom is -0.493 e. The van der Waals surface area contributed by atoms with E-state index in [4.69, 9.17) is 9.47 Å². The average molecular weight is 458 g/mol. The molecule has 0 saturated heterocycles. The van der Waals surface area contributed by atoms with Crippen molar-refractivity contribution < 1.29 is 14.3 Å². The van der Waals surface area contributed by atoms with Crippen LogP contribution in [0.15, 0.2) is 78.9 Å². The van der Waals surface area contributed by atoms with Crippen LogP contribution in [0.1, 0.15) is 11.1 Å². The number of aromatic nitrogens is 4. The third kappa shape index (κ3) is 5.78. The summed E-state index contributed by atoms with van der Waals surface area (Å²) in [5.74, 6) is 1.52. The van der Waals surface area contributed by atoms with Crippen molar-refractivity contribution >= 4 is 5.91 Å². The zero-order chi connectivity index (χ0) is 23.8. The molecule has 0 saturated carbocycles. The smallest absolute Gasteiger partial charge is 0.246 e. The molecular weight excluding hydrogens is 430 g/mol. The van der Waals surface area contributed by atoms with Crippen molar-refractivity contribution in [1.82, 2.24) is 25.1 Å². The van der Waals surface area contributed by atoms with Gasteiger partial charge in [-0.1, -0.05) is 60.7 Å². The van der Waals surface area contributed by atoms with Gasteiger partial charge < -0.3 is 14.4 Å². The highest BCUT2D eigenvalue weighted by atomic mass is 16.5. The Kier molecular flexibility index (Phi) is 7.49. The molecule has 4 rings (SSSR count). The maximum absolute atomic E-state index is 13.2. The molecule has 1 heterocycles. The van der Waals surface area contributed by atoms with Crippen molar-refractivity contribution in [3.63, 3.8) is 0 Å². The highest BCUT2D eigenvalue weighted by Gasteiger charge is 2.17. The largest absolute Gasteiger partial charge is 0.493 e. The van der Waals surface area contributed by atoms with Gasteiger partial charge in [-0.2, -0.15) is 4.80 Å². The lowest BCUT2D eigenvalue weighted by Crippen LogP contribution is -2.35. The van der Waals surface area contributed by atoms with Crippen molar-refractivity contribution in [2.45, 2.75) is 19.5 Å². The lowest BCUT2D eigenvalue weighted by molar-refractivity contribution is -0.132. The van der Waals surface area contributed by atoms with E-state index < -0.39 is 0 Å². The van der Waals surface area contributed by atoms with Gasteiger partial charge in [0, 0.05) is 18.7 Å². The minimum atomic E-state index is -0.0731. The van der Waals surface area contributed by atoms with Crippen LogP contribution in [-0.4, -0.2) is 51.8 Å². The van der Waals surface area contributed by atoms with E-state index in [0.717, 1.165) is 17.5 Å². The summed E-state index contributed by atoms with van der Waals surface area (Å²) in [7, 11) is 3.15. The van der Waals surface area contributed by atoms with Gasteiger partial charge in [-0.3, -0.25) is 4.79 Å². The zero-order valence-corrected chi connectivity index (χ0v) is 19.3. The van der Waals surface area contributed by atoms with Crippen LogP contribution in [0.2, 0.25) is 0 Å². The van der Waals surface area contributed by atoms with Gasteiger partial charge in [0.15, 0.2) is 11.5 Å². The second-order valence-electron chi connectivity index (χ2n) is 7.75. The molecule has 0 aliphatic heterocycles. The van der Waals surface area contributed by atoms with Crippen molar-refractivity contribution in [3.05, 3.63) is 90.0 Å². The number of tetrazole rings is 1. The first-order valence-electron chi connectivity index (χ1n) is 11.0. The zero-order valence-electron chi connectivity index (χ0n) is 19.3. The van der Waals surface area contributed by atoms with Gasteiger partial charge in [0.1, 0.15) is 6.54 Å². The fourth-order valence-corrected chi connectivity index (χ4v) is 3.63. The summed E-state index contributed by atoms with van der Waals surface area (Å²) < 4.78 is 10.6. The number of methoxy groups -OCH3 is 2. The fourth-order valence-electron chi connectivity index (χ4n) is 3.63. The number of nitrogens with zero attached hydrogens (tertiary/aromatic N) is 5. The number of hydrogen-bond donors (Lipinski definition) is 0. The number of rotatable bonds is 10. The first-order chi connectivity index (χ1) is 16.7. The van der Waals surface area contributed by atoms with Crippen LogP contribution in [0.5, 0.6) is 11.5 Å². The first kappa shape index (κ1) is 23.0. The summed E-state index contributed by atoms with van der Waals surface area (Å²) in [4.78, 5) is 16.4. The lowest BCUT2D eigenvalue weighted by atomic mass is 10.1. The molecule has 0 spiro atoms. The Morgan fingerprint density at radius 3 is 2.24 bits per heavy atom. The average Bonchev–Trinajstić information content (AvgIpc) is 3.35.